The highest BCUT2D eigenvalue weighted by Crippen LogP contribution is 2.43. The van der Waals surface area contributed by atoms with E-state index >= 15 is 0 Å². The van der Waals surface area contributed by atoms with Gasteiger partial charge in [-0.15, -0.1) is 0 Å². The van der Waals surface area contributed by atoms with E-state index < -0.39 is 11.4 Å². The molecule has 1 aromatic carbocycles. The number of amides is 1. The number of pyridine rings is 1. The number of fused-ring (bicyclic) bond motifs is 2. The number of aromatic nitrogens is 7. The Bertz CT molecular complexity index is 1770. The molecular formula is C31H36N8O2. The van der Waals surface area contributed by atoms with E-state index in [0.717, 1.165) is 46.4 Å². The summed E-state index contributed by atoms with van der Waals surface area (Å²) < 4.78 is 7.46. The van der Waals surface area contributed by atoms with Gasteiger partial charge in [0, 0.05) is 28.9 Å². The number of rotatable bonds is 5. The second kappa shape index (κ2) is 9.64. The van der Waals surface area contributed by atoms with Gasteiger partial charge in [-0.2, -0.15) is 10.1 Å². The summed E-state index contributed by atoms with van der Waals surface area (Å²) in [4.78, 5) is 31.3. The van der Waals surface area contributed by atoms with E-state index in [0.29, 0.717) is 23.7 Å². The lowest BCUT2D eigenvalue weighted by molar-refractivity contribution is 0.0860. The van der Waals surface area contributed by atoms with Crippen LogP contribution in [0.15, 0.2) is 41.1 Å². The molecular weight excluding hydrogens is 516 g/mol. The van der Waals surface area contributed by atoms with Crippen LogP contribution in [0.25, 0.3) is 22.6 Å². The third-order valence-corrected chi connectivity index (χ3v) is 8.00. The summed E-state index contributed by atoms with van der Waals surface area (Å²) in [5.74, 6) is 0.719. The zero-order valence-electron chi connectivity index (χ0n) is 24.7. The van der Waals surface area contributed by atoms with Gasteiger partial charge in [-0.1, -0.05) is 50.2 Å². The van der Waals surface area contributed by atoms with Gasteiger partial charge in [0.1, 0.15) is 5.82 Å². The van der Waals surface area contributed by atoms with Crippen molar-refractivity contribution in [1.82, 2.24) is 40.2 Å². The van der Waals surface area contributed by atoms with E-state index in [4.69, 9.17) is 14.6 Å². The number of nitrogens with one attached hydrogen (secondary N) is 2. The maximum absolute atomic E-state index is 13.8. The van der Waals surface area contributed by atoms with Crippen molar-refractivity contribution in [3.63, 3.8) is 0 Å². The second-order valence-electron chi connectivity index (χ2n) is 12.3. The van der Waals surface area contributed by atoms with Crippen LogP contribution in [-0.2, 0) is 17.4 Å². The molecule has 10 nitrogen and oxygen atoms in total. The molecule has 5 aromatic rings. The smallest absolute Gasteiger partial charge is 0.315 e. The van der Waals surface area contributed by atoms with Crippen LogP contribution in [0.4, 0.5) is 0 Å². The number of H-pyrrole nitrogens is 1. The standard InChI is InChI=1S/C31H36N8O2/c1-17(2)39-19(4)23(18(3)37-39)25-33-24-22(14-16-32-26(24)34-25)31(15-10-12-20-11-8-9-13-21(20)31)36-27(40)28-35-29(38-41-28)30(5,6)7/h8-9,11,13-14,16-17H,10,12,15H2,1-7H3,(H,36,40)(H,32,33,34). The Morgan fingerprint density at radius 1 is 1.12 bits per heavy atom. The SMILES string of the molecule is Cc1nn(C(C)C)c(C)c1-c1nc2nccc(C3(NC(=O)c4nc(C(C)(C)C)no4)CCCc4ccccc43)c2[nH]1. The molecule has 1 aliphatic carbocycles. The molecule has 41 heavy (non-hydrogen) atoms. The Kier molecular flexibility index (Phi) is 6.32. The van der Waals surface area contributed by atoms with Gasteiger partial charge in [-0.05, 0) is 64.2 Å². The molecule has 6 rings (SSSR count). The topological polar surface area (TPSA) is 127 Å². The van der Waals surface area contributed by atoms with E-state index in [9.17, 15) is 4.79 Å². The first-order chi connectivity index (χ1) is 19.5. The molecule has 1 unspecified atom stereocenters. The molecule has 0 fully saturated rings. The van der Waals surface area contributed by atoms with Crippen molar-refractivity contribution in [3.05, 3.63) is 76.3 Å². The minimum atomic E-state index is -0.862. The monoisotopic (exact) mass is 552 g/mol. The number of benzene rings is 1. The van der Waals surface area contributed by atoms with Gasteiger partial charge in [-0.3, -0.25) is 9.48 Å². The Labute approximate surface area is 239 Å². The van der Waals surface area contributed by atoms with Gasteiger partial charge >= 0.3 is 11.8 Å². The number of nitrogens with zero attached hydrogens (tertiary/aromatic N) is 6. The average Bonchev–Trinajstić information content (AvgIpc) is 3.65. The minimum absolute atomic E-state index is 0.0553. The molecule has 1 amide bonds. The molecule has 0 saturated heterocycles. The van der Waals surface area contributed by atoms with Crippen molar-refractivity contribution in [2.75, 3.05) is 0 Å². The summed E-state index contributed by atoms with van der Waals surface area (Å²) >= 11 is 0. The van der Waals surface area contributed by atoms with Gasteiger partial charge in [0.15, 0.2) is 11.5 Å². The molecule has 0 saturated carbocycles. The van der Waals surface area contributed by atoms with Crippen LogP contribution in [0.2, 0.25) is 0 Å². The molecule has 4 aromatic heterocycles. The van der Waals surface area contributed by atoms with E-state index in [2.05, 4.69) is 58.3 Å². The van der Waals surface area contributed by atoms with E-state index in [1.165, 1.54) is 5.56 Å². The van der Waals surface area contributed by atoms with Crippen molar-refractivity contribution in [1.29, 1.82) is 0 Å². The van der Waals surface area contributed by atoms with Crippen LogP contribution in [-0.4, -0.2) is 40.8 Å². The van der Waals surface area contributed by atoms with Gasteiger partial charge in [0.05, 0.1) is 22.3 Å². The fraction of sp³-hybridized carbons (Fsp3) is 0.419. The predicted octanol–water partition coefficient (Wildman–Crippen LogP) is 5.71. The van der Waals surface area contributed by atoms with Gasteiger partial charge in [-0.25, -0.2) is 9.97 Å². The first-order valence-corrected chi connectivity index (χ1v) is 14.2. The normalized spacial score (nSPS) is 17.3. The zero-order chi connectivity index (χ0) is 29.1. The third-order valence-electron chi connectivity index (χ3n) is 8.00. The van der Waals surface area contributed by atoms with Crippen LogP contribution >= 0.6 is 0 Å². The van der Waals surface area contributed by atoms with E-state index in [1.54, 1.807) is 6.20 Å². The first-order valence-electron chi connectivity index (χ1n) is 14.2. The fourth-order valence-electron chi connectivity index (χ4n) is 6.07. The summed E-state index contributed by atoms with van der Waals surface area (Å²) in [6.07, 6.45) is 4.26. The molecule has 4 heterocycles. The second-order valence-corrected chi connectivity index (χ2v) is 12.3. The van der Waals surface area contributed by atoms with E-state index in [-0.39, 0.29) is 17.3 Å². The maximum atomic E-state index is 13.8. The Balaban J connectivity index is 1.52. The van der Waals surface area contributed by atoms with Gasteiger partial charge < -0.3 is 14.8 Å². The van der Waals surface area contributed by atoms with Gasteiger partial charge in [0.25, 0.3) is 0 Å². The lowest BCUT2D eigenvalue weighted by Crippen LogP contribution is -2.49. The Morgan fingerprint density at radius 3 is 2.61 bits per heavy atom. The van der Waals surface area contributed by atoms with Crippen molar-refractivity contribution < 1.29 is 9.32 Å². The molecule has 1 atom stereocenters. The Morgan fingerprint density at radius 2 is 1.90 bits per heavy atom. The molecule has 0 spiro atoms. The minimum Gasteiger partial charge on any atom is -0.336 e. The molecule has 212 valence electrons. The summed E-state index contributed by atoms with van der Waals surface area (Å²) in [6, 6.07) is 10.5. The van der Waals surface area contributed by atoms with Crippen LogP contribution in [0.3, 0.4) is 0 Å². The summed E-state index contributed by atoms with van der Waals surface area (Å²) in [5.41, 5.74) is 6.17. The third kappa shape index (κ3) is 4.42. The summed E-state index contributed by atoms with van der Waals surface area (Å²) in [7, 11) is 0. The van der Waals surface area contributed by atoms with Crippen LogP contribution in [0.5, 0.6) is 0 Å². The van der Waals surface area contributed by atoms with Crippen LogP contribution in [0, 0.1) is 13.8 Å². The number of carbonyl (C=O) groups excluding carboxylic acids is 1. The van der Waals surface area contributed by atoms with Crippen LogP contribution < -0.4 is 5.32 Å². The largest absolute Gasteiger partial charge is 0.336 e. The van der Waals surface area contributed by atoms with Gasteiger partial charge in [0.2, 0.25) is 0 Å². The lowest BCUT2D eigenvalue weighted by atomic mass is 9.72. The average molecular weight is 553 g/mol. The molecule has 0 radical (unpaired) electrons. The summed E-state index contributed by atoms with van der Waals surface area (Å²) in [6.45, 7) is 14.2. The summed E-state index contributed by atoms with van der Waals surface area (Å²) in [5, 5.41) is 12.2. The highest BCUT2D eigenvalue weighted by Gasteiger charge is 2.42. The lowest BCUT2D eigenvalue weighted by Gasteiger charge is -2.40. The zero-order valence-corrected chi connectivity index (χ0v) is 24.7. The molecule has 1 aliphatic rings. The maximum Gasteiger partial charge on any atom is 0.315 e. The highest BCUT2D eigenvalue weighted by molar-refractivity contribution is 5.92. The Hall–Kier alpha value is -4.34. The van der Waals surface area contributed by atoms with Crippen molar-refractivity contribution >= 4 is 17.1 Å². The quantitative estimate of drug-likeness (QED) is 0.286. The number of hydrogen-bond acceptors (Lipinski definition) is 7. The first kappa shape index (κ1) is 26.9. The number of imidazole rings is 1. The highest BCUT2D eigenvalue weighted by atomic mass is 16.5. The fourth-order valence-corrected chi connectivity index (χ4v) is 6.07. The molecule has 0 bridgehead atoms. The number of carbonyl (C=O) groups is 1. The number of hydrogen-bond donors (Lipinski definition) is 2. The van der Waals surface area contributed by atoms with Crippen molar-refractivity contribution in [3.8, 4) is 11.4 Å². The number of aromatic amines is 1. The molecule has 0 aliphatic heterocycles. The van der Waals surface area contributed by atoms with Crippen molar-refractivity contribution in [2.24, 2.45) is 0 Å². The van der Waals surface area contributed by atoms with Crippen LogP contribution in [0.1, 0.15) is 98.1 Å². The molecule has 10 heteroatoms. The predicted molar refractivity (Wildman–Crippen MR) is 156 cm³/mol. The molecule has 2 N–H and O–H groups in total. The number of aryl methyl sites for hydroxylation is 2. The van der Waals surface area contributed by atoms with E-state index in [1.807, 2.05) is 50.6 Å². The van der Waals surface area contributed by atoms with Crippen molar-refractivity contribution in [2.45, 2.75) is 84.7 Å².